The molecule has 30 heavy (non-hydrogen) atoms. The van der Waals surface area contributed by atoms with Gasteiger partial charge >= 0.3 is 0 Å². The van der Waals surface area contributed by atoms with Gasteiger partial charge in [-0.25, -0.2) is 13.1 Å². The van der Waals surface area contributed by atoms with Crippen LogP contribution in [0.15, 0.2) is 52.9 Å². The lowest BCUT2D eigenvalue weighted by Gasteiger charge is -2.11. The molecule has 3 rings (SSSR count). The van der Waals surface area contributed by atoms with Crippen LogP contribution in [0.25, 0.3) is 0 Å². The minimum Gasteiger partial charge on any atom is -0.491 e. The molecule has 0 unspecified atom stereocenters. The molecule has 3 aromatic rings. The van der Waals surface area contributed by atoms with E-state index in [-0.39, 0.29) is 32.7 Å². The van der Waals surface area contributed by atoms with Gasteiger partial charge in [-0.05, 0) is 43.7 Å². The zero-order valence-electron chi connectivity index (χ0n) is 16.1. The summed E-state index contributed by atoms with van der Waals surface area (Å²) < 4.78 is 32.9. The van der Waals surface area contributed by atoms with E-state index in [2.05, 4.69) is 20.2 Å². The fourth-order valence-corrected chi connectivity index (χ4v) is 4.59. The van der Waals surface area contributed by atoms with Crippen LogP contribution in [-0.2, 0) is 16.6 Å². The van der Waals surface area contributed by atoms with E-state index in [4.69, 9.17) is 16.3 Å². The van der Waals surface area contributed by atoms with Crippen molar-refractivity contribution >= 4 is 44.0 Å². The Labute approximate surface area is 183 Å². The van der Waals surface area contributed by atoms with Gasteiger partial charge < -0.3 is 4.74 Å². The van der Waals surface area contributed by atoms with Gasteiger partial charge in [-0.2, -0.15) is 0 Å². The molecule has 8 nitrogen and oxygen atoms in total. The van der Waals surface area contributed by atoms with Crippen LogP contribution in [0.3, 0.4) is 0 Å². The largest absolute Gasteiger partial charge is 0.491 e. The summed E-state index contributed by atoms with van der Waals surface area (Å²) in [6, 6.07) is 13.6. The van der Waals surface area contributed by atoms with Crippen LogP contribution < -0.4 is 14.8 Å². The number of benzene rings is 2. The van der Waals surface area contributed by atoms with Crippen molar-refractivity contribution in [3.8, 4) is 5.75 Å². The Kier molecular flexibility index (Phi) is 7.03. The van der Waals surface area contributed by atoms with Crippen molar-refractivity contribution in [2.45, 2.75) is 30.8 Å². The highest BCUT2D eigenvalue weighted by Crippen LogP contribution is 2.23. The second-order valence-corrected chi connectivity index (χ2v) is 9.77. The smallest absolute Gasteiger partial charge is 0.270 e. The van der Waals surface area contributed by atoms with E-state index in [1.165, 1.54) is 0 Å². The second-order valence-electron chi connectivity index (χ2n) is 6.45. The molecule has 158 valence electrons. The van der Waals surface area contributed by atoms with Crippen LogP contribution in [0.2, 0.25) is 5.02 Å². The van der Waals surface area contributed by atoms with Gasteiger partial charge in [0.2, 0.25) is 9.47 Å². The standard InChI is InChI=1S/C19H19ClN4O4S2/c1-12(2)28-14-7-5-6-13(10-14)11-21-30(26,27)19-24-23-18(29-19)22-17(25)15-8-3-4-9-16(15)20/h3-10,12,21H,11H2,1-2H3,(H,22,23,25). The predicted molar refractivity (Wildman–Crippen MR) is 116 cm³/mol. The number of aromatic nitrogens is 2. The number of rotatable bonds is 8. The zero-order valence-corrected chi connectivity index (χ0v) is 18.5. The predicted octanol–water partition coefficient (Wildman–Crippen LogP) is 3.71. The van der Waals surface area contributed by atoms with Crippen molar-refractivity contribution in [1.29, 1.82) is 0 Å². The topological polar surface area (TPSA) is 110 Å². The summed E-state index contributed by atoms with van der Waals surface area (Å²) in [7, 11) is -3.91. The van der Waals surface area contributed by atoms with E-state index in [1.807, 2.05) is 13.8 Å². The monoisotopic (exact) mass is 466 g/mol. The highest BCUT2D eigenvalue weighted by Gasteiger charge is 2.21. The third-order valence-corrected chi connectivity index (χ3v) is 6.65. The van der Waals surface area contributed by atoms with Crippen molar-refractivity contribution in [3.63, 3.8) is 0 Å². The number of amides is 1. The number of nitrogens with one attached hydrogen (secondary N) is 2. The number of hydrogen-bond acceptors (Lipinski definition) is 7. The molecule has 0 bridgehead atoms. The number of carbonyl (C=O) groups excluding carboxylic acids is 1. The van der Waals surface area contributed by atoms with Gasteiger partial charge in [0.25, 0.3) is 15.9 Å². The number of nitrogens with zero attached hydrogens (tertiary/aromatic N) is 2. The lowest BCUT2D eigenvalue weighted by atomic mass is 10.2. The summed E-state index contributed by atoms with van der Waals surface area (Å²) in [6.07, 6.45) is 0.0118. The van der Waals surface area contributed by atoms with Gasteiger partial charge in [0, 0.05) is 6.54 Å². The molecule has 0 atom stereocenters. The van der Waals surface area contributed by atoms with Crippen molar-refractivity contribution in [2.75, 3.05) is 5.32 Å². The molecule has 0 aliphatic heterocycles. The summed E-state index contributed by atoms with van der Waals surface area (Å²) in [5.74, 6) is 0.151. The van der Waals surface area contributed by atoms with Crippen LogP contribution in [-0.4, -0.2) is 30.6 Å². The van der Waals surface area contributed by atoms with Crippen LogP contribution in [0, 0.1) is 0 Å². The SMILES string of the molecule is CC(C)Oc1cccc(CNS(=O)(=O)c2nnc(NC(=O)c3ccccc3Cl)s2)c1. The van der Waals surface area contributed by atoms with E-state index >= 15 is 0 Å². The molecule has 0 aliphatic rings. The molecular formula is C19H19ClN4O4S2. The Hall–Kier alpha value is -2.53. The third-order valence-electron chi connectivity index (χ3n) is 3.71. The quantitative estimate of drug-likeness (QED) is 0.489. The van der Waals surface area contributed by atoms with Crippen molar-refractivity contribution in [2.24, 2.45) is 0 Å². The van der Waals surface area contributed by atoms with Gasteiger partial charge in [0.05, 0.1) is 16.7 Å². The van der Waals surface area contributed by atoms with E-state index in [9.17, 15) is 13.2 Å². The first-order chi connectivity index (χ1) is 14.2. The van der Waals surface area contributed by atoms with Gasteiger partial charge in [0.1, 0.15) is 5.75 Å². The molecule has 2 aromatic carbocycles. The van der Waals surface area contributed by atoms with Gasteiger partial charge in [0.15, 0.2) is 0 Å². The van der Waals surface area contributed by atoms with Gasteiger partial charge in [-0.15, -0.1) is 10.2 Å². The van der Waals surface area contributed by atoms with E-state index in [1.54, 1.807) is 48.5 Å². The van der Waals surface area contributed by atoms with Crippen LogP contribution in [0.5, 0.6) is 5.75 Å². The molecule has 0 aliphatic carbocycles. The number of halogens is 1. The normalized spacial score (nSPS) is 11.5. The molecule has 11 heteroatoms. The Morgan fingerprint density at radius 3 is 2.67 bits per heavy atom. The van der Waals surface area contributed by atoms with Crippen LogP contribution >= 0.6 is 22.9 Å². The Balaban J connectivity index is 1.65. The van der Waals surface area contributed by atoms with E-state index in [0.717, 1.165) is 16.9 Å². The number of carbonyl (C=O) groups is 1. The molecule has 0 fully saturated rings. The minimum absolute atomic E-state index is 0.0118. The molecule has 0 saturated carbocycles. The van der Waals surface area contributed by atoms with Gasteiger partial charge in [-0.1, -0.05) is 47.2 Å². The van der Waals surface area contributed by atoms with Crippen molar-refractivity contribution in [3.05, 3.63) is 64.7 Å². The summed E-state index contributed by atoms with van der Waals surface area (Å²) in [5, 5.41) is 10.2. The summed E-state index contributed by atoms with van der Waals surface area (Å²) >= 11 is 6.74. The maximum Gasteiger partial charge on any atom is 0.270 e. The third kappa shape index (κ3) is 5.76. The lowest BCUT2D eigenvalue weighted by molar-refractivity contribution is 0.102. The summed E-state index contributed by atoms with van der Waals surface area (Å²) in [4.78, 5) is 12.3. The van der Waals surface area contributed by atoms with Gasteiger partial charge in [-0.3, -0.25) is 10.1 Å². The molecule has 2 N–H and O–H groups in total. The number of ether oxygens (including phenoxy) is 1. The van der Waals surface area contributed by atoms with E-state index < -0.39 is 15.9 Å². The average molecular weight is 467 g/mol. The van der Waals surface area contributed by atoms with Crippen LogP contribution in [0.4, 0.5) is 5.13 Å². The lowest BCUT2D eigenvalue weighted by Crippen LogP contribution is -2.23. The second kappa shape index (κ2) is 9.52. The maximum absolute atomic E-state index is 12.5. The average Bonchev–Trinajstić information content (AvgIpc) is 3.16. The molecule has 1 aromatic heterocycles. The molecule has 1 heterocycles. The first-order valence-corrected chi connectivity index (χ1v) is 11.6. The van der Waals surface area contributed by atoms with Crippen molar-refractivity contribution in [1.82, 2.24) is 14.9 Å². The van der Waals surface area contributed by atoms with E-state index in [0.29, 0.717) is 5.75 Å². The highest BCUT2D eigenvalue weighted by atomic mass is 35.5. The Morgan fingerprint density at radius 2 is 1.93 bits per heavy atom. The van der Waals surface area contributed by atoms with Crippen molar-refractivity contribution < 1.29 is 17.9 Å². The zero-order chi connectivity index (χ0) is 21.7. The highest BCUT2D eigenvalue weighted by molar-refractivity contribution is 7.91. The number of hydrogen-bond donors (Lipinski definition) is 2. The molecule has 0 saturated heterocycles. The molecule has 0 spiro atoms. The summed E-state index contributed by atoms with van der Waals surface area (Å²) in [6.45, 7) is 3.87. The molecular weight excluding hydrogens is 448 g/mol. The molecule has 0 radical (unpaired) electrons. The fourth-order valence-electron chi connectivity index (χ4n) is 2.42. The number of anilines is 1. The summed E-state index contributed by atoms with van der Waals surface area (Å²) in [5.41, 5.74) is 0.980. The maximum atomic E-state index is 12.5. The first-order valence-electron chi connectivity index (χ1n) is 8.89. The minimum atomic E-state index is -3.91. The molecule has 1 amide bonds. The Bertz CT molecular complexity index is 1150. The first kappa shape index (κ1) is 22.2. The van der Waals surface area contributed by atoms with Crippen LogP contribution in [0.1, 0.15) is 29.8 Å². The number of sulfonamides is 1. The Morgan fingerprint density at radius 1 is 1.17 bits per heavy atom. The fraction of sp³-hybridized carbons (Fsp3) is 0.211.